The second kappa shape index (κ2) is 20.8. The third-order valence-corrected chi connectivity index (χ3v) is 10.3. The fourth-order valence-electron chi connectivity index (χ4n) is 6.95. The van der Waals surface area contributed by atoms with Crippen LogP contribution >= 0.6 is 0 Å². The van der Waals surface area contributed by atoms with Crippen molar-refractivity contribution in [1.29, 1.82) is 0 Å². The van der Waals surface area contributed by atoms with Crippen LogP contribution in [0.1, 0.15) is 57.6 Å². The van der Waals surface area contributed by atoms with Crippen molar-refractivity contribution in [3.8, 4) is 33.8 Å². The summed E-state index contributed by atoms with van der Waals surface area (Å²) in [5, 5.41) is 22.5. The van der Waals surface area contributed by atoms with Crippen LogP contribution in [0.15, 0.2) is 128 Å². The molecule has 2 N–H and O–H groups in total. The van der Waals surface area contributed by atoms with Crippen molar-refractivity contribution in [3.63, 3.8) is 0 Å². The number of hydrogen-bond donors (Lipinski definition) is 2. The van der Waals surface area contributed by atoms with Gasteiger partial charge in [0.2, 0.25) is 0 Å². The Kier molecular flexibility index (Phi) is 15.1. The van der Waals surface area contributed by atoms with Gasteiger partial charge in [-0.2, -0.15) is 0 Å². The van der Waals surface area contributed by atoms with E-state index in [1.807, 2.05) is 86.6 Å². The predicted octanol–water partition coefficient (Wildman–Crippen LogP) is 8.60. The number of benzene rings is 4. The van der Waals surface area contributed by atoms with Gasteiger partial charge in [0.25, 0.3) is 0 Å². The Morgan fingerprint density at radius 3 is 1.58 bits per heavy atom. The molecule has 0 spiro atoms. The molecule has 314 valence electrons. The minimum atomic E-state index is -0.997. The van der Waals surface area contributed by atoms with E-state index < -0.39 is 35.5 Å². The van der Waals surface area contributed by atoms with Crippen molar-refractivity contribution < 1.29 is 42.8 Å². The molecule has 0 fully saturated rings. The molecule has 2 heterocycles. The van der Waals surface area contributed by atoms with Gasteiger partial charge in [-0.25, -0.2) is 14.4 Å². The van der Waals surface area contributed by atoms with Gasteiger partial charge < -0.3 is 38.0 Å². The lowest BCUT2D eigenvalue weighted by Gasteiger charge is -2.21. The average Bonchev–Trinajstić information content (AvgIpc) is 3.26. The number of carbonyl (C=O) groups excluding carboxylic acids is 1. The molecule has 2 atom stereocenters. The maximum atomic E-state index is 13.1. The molecule has 2 unspecified atom stereocenters. The molecular weight excluding hydrogens is 765 g/mol. The minimum absolute atomic E-state index is 0.0641. The second-order valence-corrected chi connectivity index (χ2v) is 14.8. The summed E-state index contributed by atoms with van der Waals surface area (Å²) in [4.78, 5) is 37.9. The minimum Gasteiger partial charge on any atom is -0.491 e. The highest BCUT2D eigenvalue weighted by Gasteiger charge is 2.19. The van der Waals surface area contributed by atoms with E-state index in [2.05, 4.69) is 6.58 Å². The zero-order valence-corrected chi connectivity index (χ0v) is 34.3. The van der Waals surface area contributed by atoms with Crippen LogP contribution in [0.2, 0.25) is 0 Å². The van der Waals surface area contributed by atoms with Crippen molar-refractivity contribution in [2.45, 2.75) is 77.6 Å². The molecule has 6 aromatic rings. The number of aryl methyl sites for hydroxylation is 2. The fraction of sp³-hybridized carbons (Fsp3) is 0.327. The fourth-order valence-corrected chi connectivity index (χ4v) is 6.95. The molecule has 6 rings (SSSR count). The monoisotopic (exact) mass is 816 g/mol. The van der Waals surface area contributed by atoms with Crippen LogP contribution in [0, 0.1) is 0 Å². The molecule has 11 nitrogen and oxygen atoms in total. The second-order valence-electron chi connectivity index (χ2n) is 14.8. The van der Waals surface area contributed by atoms with Crippen LogP contribution in [0.5, 0.6) is 11.5 Å². The molecular formula is C49H52O11. The van der Waals surface area contributed by atoms with Crippen molar-refractivity contribution >= 4 is 27.9 Å². The zero-order valence-electron chi connectivity index (χ0n) is 34.3. The molecule has 0 saturated heterocycles. The van der Waals surface area contributed by atoms with E-state index in [0.717, 1.165) is 45.9 Å². The van der Waals surface area contributed by atoms with Crippen LogP contribution in [-0.2, 0) is 27.1 Å². The van der Waals surface area contributed by atoms with E-state index in [4.69, 9.17) is 27.8 Å². The van der Waals surface area contributed by atoms with Gasteiger partial charge >= 0.3 is 17.2 Å². The molecule has 0 aliphatic rings. The number of aliphatic hydroxyl groups is 2. The van der Waals surface area contributed by atoms with Crippen molar-refractivity contribution in [2.75, 3.05) is 26.4 Å². The first-order valence-electron chi connectivity index (χ1n) is 20.4. The van der Waals surface area contributed by atoms with Gasteiger partial charge in [0.05, 0.1) is 29.9 Å². The van der Waals surface area contributed by atoms with Gasteiger partial charge in [-0.15, -0.1) is 0 Å². The highest BCUT2D eigenvalue weighted by atomic mass is 16.6. The smallest absolute Gasteiger partial charge is 0.344 e. The highest BCUT2D eigenvalue weighted by Crippen LogP contribution is 2.29. The van der Waals surface area contributed by atoms with Gasteiger partial charge in [-0.1, -0.05) is 69.0 Å². The summed E-state index contributed by atoms with van der Waals surface area (Å²) in [5.74, 6) is 0.428. The number of rotatable bonds is 21. The van der Waals surface area contributed by atoms with Crippen molar-refractivity contribution in [3.05, 3.63) is 141 Å². The molecule has 60 heavy (non-hydrogen) atoms. The largest absolute Gasteiger partial charge is 0.491 e. The van der Waals surface area contributed by atoms with E-state index in [1.54, 1.807) is 31.2 Å². The predicted molar refractivity (Wildman–Crippen MR) is 232 cm³/mol. The lowest BCUT2D eigenvalue weighted by molar-refractivity contribution is -0.139. The molecule has 2 aromatic heterocycles. The summed E-state index contributed by atoms with van der Waals surface area (Å²) in [6, 6.07) is 29.8. The highest BCUT2D eigenvalue weighted by molar-refractivity contribution is 5.87. The number of aliphatic hydroxyl groups excluding tert-OH is 2. The van der Waals surface area contributed by atoms with Crippen LogP contribution < -0.4 is 20.7 Å². The van der Waals surface area contributed by atoms with Crippen molar-refractivity contribution in [1.82, 2.24) is 0 Å². The Morgan fingerprint density at radius 2 is 1.12 bits per heavy atom. The van der Waals surface area contributed by atoms with E-state index in [0.29, 0.717) is 52.2 Å². The standard InChI is InChI=1S/C49H52O11/c1-5-32-13-7-9-15-39(32)41-25-34-19-21-36(27-45(34)59-48(41)53)57-29-38(55-23-11-17-43(50)44(51)18-12-24-56-47(52)31(3)4)30-58-37-22-20-35-26-42(49(54)60-46(35)28-37)40-16-10-8-14-33(40)6-2/h7-10,13-16,19-22,25-28,38,43-44,50-51H,3,5-6,11-12,17-18,23-24,29-30H2,1-2,4H3. The summed E-state index contributed by atoms with van der Waals surface area (Å²) in [7, 11) is 0. The lowest BCUT2D eigenvalue weighted by Crippen LogP contribution is -2.30. The molecule has 0 saturated carbocycles. The molecule has 0 amide bonds. The maximum Gasteiger partial charge on any atom is 0.344 e. The zero-order chi connectivity index (χ0) is 42.6. The molecule has 0 bridgehead atoms. The first-order valence-corrected chi connectivity index (χ1v) is 20.4. The van der Waals surface area contributed by atoms with Gasteiger partial charge in [-0.05, 0) is 104 Å². The Morgan fingerprint density at radius 1 is 0.650 bits per heavy atom. The summed E-state index contributed by atoms with van der Waals surface area (Å²) in [6.07, 6.45) is 0.309. The Bertz CT molecular complexity index is 2390. The third kappa shape index (κ3) is 11.2. The number of hydrogen-bond acceptors (Lipinski definition) is 11. The maximum absolute atomic E-state index is 13.1. The van der Waals surface area contributed by atoms with E-state index in [1.165, 1.54) is 0 Å². The summed E-state index contributed by atoms with van der Waals surface area (Å²) in [5.41, 5.74) is 4.96. The lowest BCUT2D eigenvalue weighted by atomic mass is 9.98. The Hall–Kier alpha value is -6.01. The average molecular weight is 817 g/mol. The summed E-state index contributed by atoms with van der Waals surface area (Å²) < 4.78 is 35.1. The Labute approximate surface area is 348 Å². The number of ether oxygens (including phenoxy) is 4. The molecule has 11 heteroatoms. The van der Waals surface area contributed by atoms with Gasteiger partial charge in [0.1, 0.15) is 42.0 Å². The number of esters is 1. The molecule has 0 radical (unpaired) electrons. The summed E-state index contributed by atoms with van der Waals surface area (Å²) >= 11 is 0. The molecule has 0 aliphatic heterocycles. The first kappa shape index (κ1) is 43.6. The SMILES string of the molecule is C=C(C)C(=O)OCCCC(O)C(O)CCCOC(COc1ccc2cc(-c3ccccc3CC)c(=O)oc2c1)COc1ccc2cc(-c3ccccc3CC)c(=O)oc2c1. The van der Waals surface area contributed by atoms with Gasteiger partial charge in [-0.3, -0.25) is 0 Å². The molecule has 4 aromatic carbocycles. The van der Waals surface area contributed by atoms with Crippen LogP contribution in [0.3, 0.4) is 0 Å². The quantitative estimate of drug-likeness (QED) is 0.0311. The van der Waals surface area contributed by atoms with Crippen LogP contribution in [0.4, 0.5) is 0 Å². The van der Waals surface area contributed by atoms with Gasteiger partial charge in [0, 0.05) is 35.1 Å². The summed E-state index contributed by atoms with van der Waals surface area (Å²) in [6.45, 7) is 9.67. The topological polar surface area (TPSA) is 155 Å². The van der Waals surface area contributed by atoms with E-state index in [-0.39, 0.29) is 39.3 Å². The Balaban J connectivity index is 1.12. The molecule has 0 aliphatic carbocycles. The van der Waals surface area contributed by atoms with Crippen LogP contribution in [-0.4, -0.2) is 60.9 Å². The number of fused-ring (bicyclic) bond motifs is 2. The van der Waals surface area contributed by atoms with Crippen LogP contribution in [0.25, 0.3) is 44.2 Å². The van der Waals surface area contributed by atoms with Crippen molar-refractivity contribution in [2.24, 2.45) is 0 Å². The first-order chi connectivity index (χ1) is 29.0. The normalized spacial score (nSPS) is 12.4. The van der Waals surface area contributed by atoms with Gasteiger partial charge in [0.15, 0.2) is 0 Å². The third-order valence-electron chi connectivity index (χ3n) is 10.3. The number of carbonyl (C=O) groups is 1. The van der Waals surface area contributed by atoms with E-state index >= 15 is 0 Å². The van der Waals surface area contributed by atoms with E-state index in [9.17, 15) is 24.6 Å².